The second-order valence-electron chi connectivity index (χ2n) is 6.52. The van der Waals surface area contributed by atoms with Crippen molar-refractivity contribution < 1.29 is 14.4 Å². The number of nitrogens with zero attached hydrogens (tertiary/aromatic N) is 1. The molecule has 146 valence electrons. The van der Waals surface area contributed by atoms with E-state index in [0.717, 1.165) is 12.0 Å². The Morgan fingerprint density at radius 2 is 1.79 bits per heavy atom. The Labute approximate surface area is 168 Å². The molecule has 1 aliphatic rings. The summed E-state index contributed by atoms with van der Waals surface area (Å²) in [6, 6.07) is 12.5. The molecule has 0 bridgehead atoms. The average molecular weight is 401 g/mol. The molecule has 0 unspecified atom stereocenters. The van der Waals surface area contributed by atoms with Crippen molar-refractivity contribution in [1.82, 2.24) is 10.2 Å². The number of carbonyl (C=O) groups is 3. The quantitative estimate of drug-likeness (QED) is 0.736. The van der Waals surface area contributed by atoms with E-state index in [-0.39, 0.29) is 18.5 Å². The number of hydrogen-bond donors (Lipinski definition) is 3. The zero-order chi connectivity index (χ0) is 20.1. The van der Waals surface area contributed by atoms with E-state index in [1.807, 2.05) is 18.2 Å². The lowest BCUT2D eigenvalue weighted by molar-refractivity contribution is -0.115. The fraction of sp³-hybridized carbons (Fsp3) is 0.250. The largest absolute Gasteiger partial charge is 0.329 e. The zero-order valence-corrected chi connectivity index (χ0v) is 16.2. The minimum atomic E-state index is -0.417. The van der Waals surface area contributed by atoms with Gasteiger partial charge in [-0.3, -0.25) is 9.59 Å². The summed E-state index contributed by atoms with van der Waals surface area (Å²) < 4.78 is 0. The Balaban J connectivity index is 1.56. The zero-order valence-electron chi connectivity index (χ0n) is 15.4. The molecule has 0 fully saturated rings. The lowest BCUT2D eigenvalue weighted by atomic mass is 10.0. The van der Waals surface area contributed by atoms with Crippen molar-refractivity contribution in [3.8, 4) is 0 Å². The summed E-state index contributed by atoms with van der Waals surface area (Å²) in [6.45, 7) is 2.30. The highest BCUT2D eigenvalue weighted by atomic mass is 35.5. The first kappa shape index (κ1) is 19.7. The summed E-state index contributed by atoms with van der Waals surface area (Å²) in [6.07, 6.45) is 0.790. The van der Waals surface area contributed by atoms with Crippen LogP contribution in [0.15, 0.2) is 42.5 Å². The van der Waals surface area contributed by atoms with Crippen LogP contribution in [0.2, 0.25) is 5.02 Å². The van der Waals surface area contributed by atoms with Crippen LogP contribution in [0.3, 0.4) is 0 Å². The van der Waals surface area contributed by atoms with E-state index in [4.69, 9.17) is 11.6 Å². The van der Waals surface area contributed by atoms with E-state index in [2.05, 4.69) is 22.0 Å². The summed E-state index contributed by atoms with van der Waals surface area (Å²) in [5.74, 6) is -0.684. The van der Waals surface area contributed by atoms with Crippen molar-refractivity contribution in [1.29, 1.82) is 0 Å². The minimum absolute atomic E-state index is 0.191. The van der Waals surface area contributed by atoms with Gasteiger partial charge in [0.15, 0.2) is 0 Å². The molecule has 1 heterocycles. The van der Waals surface area contributed by atoms with E-state index in [1.54, 1.807) is 17.0 Å². The molecule has 2 aromatic rings. The van der Waals surface area contributed by atoms with Gasteiger partial charge in [0.05, 0.1) is 17.9 Å². The lowest BCUT2D eigenvalue weighted by Gasteiger charge is -2.28. The highest BCUT2D eigenvalue weighted by molar-refractivity contribution is 6.31. The van der Waals surface area contributed by atoms with Gasteiger partial charge in [0.2, 0.25) is 11.8 Å². The fourth-order valence-corrected chi connectivity index (χ4v) is 3.22. The second kappa shape index (κ2) is 8.75. The van der Waals surface area contributed by atoms with Crippen LogP contribution >= 0.6 is 11.6 Å². The van der Waals surface area contributed by atoms with Gasteiger partial charge in [-0.25, -0.2) is 4.79 Å². The van der Waals surface area contributed by atoms with Gasteiger partial charge in [-0.2, -0.15) is 0 Å². The highest BCUT2D eigenvalue weighted by Crippen LogP contribution is 2.25. The second-order valence-corrected chi connectivity index (χ2v) is 6.95. The highest BCUT2D eigenvalue weighted by Gasteiger charge is 2.20. The van der Waals surface area contributed by atoms with Crippen LogP contribution in [0.25, 0.3) is 0 Å². The summed E-state index contributed by atoms with van der Waals surface area (Å²) in [7, 11) is 0. The van der Waals surface area contributed by atoms with Crippen molar-refractivity contribution in [2.24, 2.45) is 0 Å². The SMILES string of the molecule is CC(=O)Nc1ccc(Cl)cc1NC(=O)CNC(=O)N1CCc2ccccc2C1. The van der Waals surface area contributed by atoms with Gasteiger partial charge in [0.25, 0.3) is 0 Å². The number of carbonyl (C=O) groups excluding carboxylic acids is 3. The van der Waals surface area contributed by atoms with Crippen molar-refractivity contribution in [2.75, 3.05) is 23.7 Å². The molecule has 3 N–H and O–H groups in total. The summed E-state index contributed by atoms with van der Waals surface area (Å²) >= 11 is 5.97. The predicted molar refractivity (Wildman–Crippen MR) is 108 cm³/mol. The molecular weight excluding hydrogens is 380 g/mol. The van der Waals surface area contributed by atoms with E-state index in [1.165, 1.54) is 18.6 Å². The molecule has 2 aromatic carbocycles. The Bertz CT molecular complexity index is 916. The third-order valence-corrected chi connectivity index (χ3v) is 4.62. The average Bonchev–Trinajstić information content (AvgIpc) is 2.67. The van der Waals surface area contributed by atoms with Crippen LogP contribution in [-0.2, 0) is 22.6 Å². The van der Waals surface area contributed by atoms with Gasteiger partial charge in [-0.1, -0.05) is 35.9 Å². The van der Waals surface area contributed by atoms with Crippen molar-refractivity contribution in [3.63, 3.8) is 0 Å². The number of rotatable bonds is 4. The molecule has 28 heavy (non-hydrogen) atoms. The van der Waals surface area contributed by atoms with Crippen LogP contribution in [0, 0.1) is 0 Å². The van der Waals surface area contributed by atoms with Gasteiger partial charge in [0.1, 0.15) is 0 Å². The molecule has 0 aromatic heterocycles. The molecule has 0 atom stereocenters. The van der Waals surface area contributed by atoms with E-state index >= 15 is 0 Å². The van der Waals surface area contributed by atoms with E-state index in [0.29, 0.717) is 29.5 Å². The molecule has 7 nitrogen and oxygen atoms in total. The smallest absolute Gasteiger partial charge is 0.318 e. The first-order chi connectivity index (χ1) is 13.4. The number of anilines is 2. The molecule has 0 saturated carbocycles. The van der Waals surface area contributed by atoms with Crippen molar-refractivity contribution >= 4 is 40.8 Å². The van der Waals surface area contributed by atoms with Crippen LogP contribution in [0.4, 0.5) is 16.2 Å². The first-order valence-corrected chi connectivity index (χ1v) is 9.26. The molecular formula is C20H21ClN4O3. The standard InChI is InChI=1S/C20H21ClN4O3/c1-13(26)23-17-7-6-16(21)10-18(17)24-19(27)11-22-20(28)25-9-8-14-4-2-3-5-15(14)12-25/h2-7,10H,8-9,11-12H2,1H3,(H,22,28)(H,23,26)(H,24,27). The molecule has 0 radical (unpaired) electrons. The maximum absolute atomic E-state index is 12.4. The summed E-state index contributed by atoms with van der Waals surface area (Å²) in [5.41, 5.74) is 3.17. The maximum Gasteiger partial charge on any atom is 0.318 e. The molecule has 4 amide bonds. The predicted octanol–water partition coefficient (Wildman–Crippen LogP) is 3.00. The van der Waals surface area contributed by atoms with Crippen LogP contribution in [0.5, 0.6) is 0 Å². The fourth-order valence-electron chi connectivity index (χ4n) is 3.05. The van der Waals surface area contributed by atoms with Crippen molar-refractivity contribution in [2.45, 2.75) is 19.9 Å². The third kappa shape index (κ3) is 5.01. The van der Waals surface area contributed by atoms with Gasteiger partial charge < -0.3 is 20.9 Å². The van der Waals surface area contributed by atoms with Gasteiger partial charge in [0, 0.05) is 25.0 Å². The number of urea groups is 1. The molecule has 0 saturated heterocycles. The van der Waals surface area contributed by atoms with Crippen LogP contribution in [0.1, 0.15) is 18.1 Å². The number of amides is 4. The summed E-state index contributed by atoms with van der Waals surface area (Å²) in [5, 5.41) is 8.33. The molecule has 0 aliphatic carbocycles. The number of fused-ring (bicyclic) bond motifs is 1. The third-order valence-electron chi connectivity index (χ3n) is 4.38. The summed E-state index contributed by atoms with van der Waals surface area (Å²) in [4.78, 5) is 37.6. The Morgan fingerprint density at radius 3 is 2.54 bits per heavy atom. The molecule has 3 rings (SSSR count). The molecule has 1 aliphatic heterocycles. The number of halogens is 1. The topological polar surface area (TPSA) is 90.5 Å². The first-order valence-electron chi connectivity index (χ1n) is 8.89. The number of nitrogens with one attached hydrogen (secondary N) is 3. The molecule has 0 spiro atoms. The maximum atomic E-state index is 12.4. The van der Waals surface area contributed by atoms with Gasteiger partial charge >= 0.3 is 6.03 Å². The molecule has 8 heteroatoms. The lowest BCUT2D eigenvalue weighted by Crippen LogP contribution is -2.45. The Kier molecular flexibility index (Phi) is 6.16. The van der Waals surface area contributed by atoms with Gasteiger partial charge in [-0.15, -0.1) is 0 Å². The monoisotopic (exact) mass is 400 g/mol. The number of hydrogen-bond acceptors (Lipinski definition) is 3. The Hall–Kier alpha value is -3.06. The number of benzene rings is 2. The van der Waals surface area contributed by atoms with Crippen LogP contribution < -0.4 is 16.0 Å². The Morgan fingerprint density at radius 1 is 1.04 bits per heavy atom. The minimum Gasteiger partial charge on any atom is -0.329 e. The normalized spacial score (nSPS) is 12.7. The van der Waals surface area contributed by atoms with Crippen molar-refractivity contribution in [3.05, 3.63) is 58.6 Å². The van der Waals surface area contributed by atoms with Gasteiger partial charge in [-0.05, 0) is 35.7 Å². The van der Waals surface area contributed by atoms with Crippen LogP contribution in [-0.4, -0.2) is 35.8 Å². The van der Waals surface area contributed by atoms with E-state index < -0.39 is 5.91 Å². The van der Waals surface area contributed by atoms with E-state index in [9.17, 15) is 14.4 Å².